The molecule has 1 aromatic carbocycles. The lowest BCUT2D eigenvalue weighted by molar-refractivity contribution is 0.00578. The Morgan fingerprint density at radius 1 is 0.914 bits per heavy atom. The summed E-state index contributed by atoms with van der Waals surface area (Å²) in [5.74, 6) is 0. The summed E-state index contributed by atoms with van der Waals surface area (Å²) < 4.78 is 23.1. The molecule has 1 aliphatic heterocycles. The Morgan fingerprint density at radius 3 is 1.94 bits per heavy atom. The number of hydrogen-bond acceptors (Lipinski definition) is 6. The van der Waals surface area contributed by atoms with Gasteiger partial charge in [-0.3, -0.25) is 0 Å². The third kappa shape index (κ3) is 9.22. The van der Waals surface area contributed by atoms with E-state index >= 15 is 0 Å². The van der Waals surface area contributed by atoms with Crippen molar-refractivity contribution in [3.8, 4) is 0 Å². The topological polar surface area (TPSA) is 95.1 Å². The molecule has 0 unspecified atom stereocenters. The lowest BCUT2D eigenvalue weighted by Crippen LogP contribution is -2.41. The van der Waals surface area contributed by atoms with Gasteiger partial charge in [0.05, 0.1) is 11.2 Å². The van der Waals surface area contributed by atoms with Crippen LogP contribution in [0.3, 0.4) is 0 Å². The van der Waals surface area contributed by atoms with Crippen LogP contribution in [0.5, 0.6) is 0 Å². The summed E-state index contributed by atoms with van der Waals surface area (Å²) in [6, 6.07) is 7.72. The predicted octanol–water partition coefficient (Wildman–Crippen LogP) is 5.25. The van der Waals surface area contributed by atoms with Crippen molar-refractivity contribution in [2.45, 2.75) is 98.2 Å². The number of rotatable bonds is 6. The maximum Gasteiger partial charge on any atom is 0.492 e. The first-order valence-electron chi connectivity index (χ1n) is 12.0. The van der Waals surface area contributed by atoms with Crippen LogP contribution in [0.25, 0.3) is 6.08 Å². The summed E-state index contributed by atoms with van der Waals surface area (Å²) in [5, 5.41) is 5.57. The number of alkyl carbamates (subject to hydrolysis) is 2. The highest BCUT2D eigenvalue weighted by atomic mass is 16.7. The molecule has 35 heavy (non-hydrogen) atoms. The largest absolute Gasteiger partial charge is 0.492 e. The van der Waals surface area contributed by atoms with Crippen LogP contribution in [0, 0.1) is 0 Å². The summed E-state index contributed by atoms with van der Waals surface area (Å²) >= 11 is 0. The van der Waals surface area contributed by atoms with Gasteiger partial charge in [-0.05, 0) is 85.8 Å². The van der Waals surface area contributed by atoms with Crippen molar-refractivity contribution in [1.29, 1.82) is 0 Å². The molecule has 1 fully saturated rings. The van der Waals surface area contributed by atoms with Crippen molar-refractivity contribution in [3.05, 3.63) is 40.9 Å². The van der Waals surface area contributed by atoms with Gasteiger partial charge in [0, 0.05) is 13.1 Å². The molecule has 2 rings (SSSR count). The van der Waals surface area contributed by atoms with Gasteiger partial charge in [-0.1, -0.05) is 30.3 Å². The Balaban J connectivity index is 2.22. The molecular weight excluding hydrogens is 447 g/mol. The SMILES string of the molecule is CC(C)(C)OC(=O)NCC(=Cc1cccc(CNC(=O)OC(C)(C)C)c1)B1OC(C)(C)C(C)(C)O1. The van der Waals surface area contributed by atoms with Crippen molar-refractivity contribution < 1.29 is 28.4 Å². The van der Waals surface area contributed by atoms with Gasteiger partial charge in [0.2, 0.25) is 0 Å². The van der Waals surface area contributed by atoms with Crippen molar-refractivity contribution in [1.82, 2.24) is 10.6 Å². The smallest absolute Gasteiger partial charge is 0.444 e. The Labute approximate surface area is 210 Å². The van der Waals surface area contributed by atoms with E-state index in [1.165, 1.54) is 0 Å². The van der Waals surface area contributed by atoms with Gasteiger partial charge >= 0.3 is 19.3 Å². The molecule has 0 saturated carbocycles. The van der Waals surface area contributed by atoms with E-state index in [0.717, 1.165) is 16.6 Å². The summed E-state index contributed by atoms with van der Waals surface area (Å²) in [7, 11) is -0.640. The number of nitrogens with one attached hydrogen (secondary N) is 2. The Hall–Kier alpha value is -2.52. The van der Waals surface area contributed by atoms with E-state index in [1.807, 2.05) is 99.6 Å². The normalized spacial score (nSPS) is 17.7. The molecule has 0 aliphatic carbocycles. The van der Waals surface area contributed by atoms with Crippen LogP contribution < -0.4 is 10.6 Å². The molecule has 0 spiro atoms. The lowest BCUT2D eigenvalue weighted by Gasteiger charge is -2.32. The Bertz CT molecular complexity index is 928. The minimum Gasteiger partial charge on any atom is -0.444 e. The summed E-state index contributed by atoms with van der Waals surface area (Å²) in [6.07, 6.45) is 0.935. The van der Waals surface area contributed by atoms with Gasteiger partial charge < -0.3 is 29.4 Å². The fraction of sp³-hybridized carbons (Fsp3) is 0.615. The van der Waals surface area contributed by atoms with E-state index in [9.17, 15) is 9.59 Å². The molecule has 1 heterocycles. The minimum absolute atomic E-state index is 0.187. The van der Waals surface area contributed by atoms with Crippen molar-refractivity contribution in [3.63, 3.8) is 0 Å². The van der Waals surface area contributed by atoms with Crippen molar-refractivity contribution >= 4 is 25.4 Å². The monoisotopic (exact) mass is 488 g/mol. The highest BCUT2D eigenvalue weighted by molar-refractivity contribution is 6.56. The van der Waals surface area contributed by atoms with E-state index in [-0.39, 0.29) is 6.54 Å². The molecular formula is C26H41BN2O6. The summed E-state index contributed by atoms with van der Waals surface area (Å²) in [4.78, 5) is 24.3. The summed E-state index contributed by atoms with van der Waals surface area (Å²) in [5.41, 5.74) is 0.305. The molecule has 1 aromatic rings. The molecule has 1 saturated heterocycles. The second-order valence-electron chi connectivity index (χ2n) is 11.8. The van der Waals surface area contributed by atoms with Crippen LogP contribution in [0.1, 0.15) is 80.4 Å². The Morgan fingerprint density at radius 2 is 1.43 bits per heavy atom. The number of carbonyl (C=O) groups is 2. The van der Waals surface area contributed by atoms with Crippen molar-refractivity contribution in [2.75, 3.05) is 6.54 Å². The van der Waals surface area contributed by atoms with E-state index in [1.54, 1.807) is 0 Å². The molecule has 0 atom stereocenters. The van der Waals surface area contributed by atoms with Crippen LogP contribution >= 0.6 is 0 Å². The molecule has 8 nitrogen and oxygen atoms in total. The zero-order valence-electron chi connectivity index (χ0n) is 22.8. The second kappa shape index (κ2) is 10.6. The third-order valence-corrected chi connectivity index (χ3v) is 5.53. The predicted molar refractivity (Wildman–Crippen MR) is 138 cm³/mol. The number of amides is 2. The zero-order valence-corrected chi connectivity index (χ0v) is 22.8. The number of ether oxygens (including phenoxy) is 2. The molecule has 9 heteroatoms. The fourth-order valence-electron chi connectivity index (χ4n) is 3.18. The van der Waals surface area contributed by atoms with Crippen LogP contribution in [0.15, 0.2) is 29.7 Å². The maximum absolute atomic E-state index is 12.3. The molecule has 2 N–H and O–H groups in total. The molecule has 1 aliphatic rings. The number of benzene rings is 1. The first-order chi connectivity index (χ1) is 15.9. The fourth-order valence-corrected chi connectivity index (χ4v) is 3.18. The highest BCUT2D eigenvalue weighted by Gasteiger charge is 2.52. The number of hydrogen-bond donors (Lipinski definition) is 2. The van der Waals surface area contributed by atoms with E-state index in [4.69, 9.17) is 18.8 Å². The molecule has 194 valence electrons. The third-order valence-electron chi connectivity index (χ3n) is 5.53. The van der Waals surface area contributed by atoms with Crippen LogP contribution in [0.2, 0.25) is 0 Å². The summed E-state index contributed by atoms with van der Waals surface area (Å²) in [6.45, 7) is 19.3. The standard InChI is InChI=1S/C26H41BN2O6/c1-23(2,3)32-21(30)28-16-19-13-11-12-18(14-19)15-20(17-29-22(31)33-24(4,5)6)27-34-25(7,8)26(9,10)35-27/h11-15H,16-17H2,1-10H3,(H,28,30)(H,29,31). The average Bonchev–Trinajstić information content (AvgIpc) is 2.88. The van der Waals surface area contributed by atoms with Gasteiger partial charge in [-0.2, -0.15) is 0 Å². The van der Waals surface area contributed by atoms with Gasteiger partial charge in [0.25, 0.3) is 0 Å². The minimum atomic E-state index is -0.640. The van der Waals surface area contributed by atoms with E-state index < -0.39 is 41.7 Å². The van der Waals surface area contributed by atoms with Gasteiger partial charge in [-0.15, -0.1) is 0 Å². The Kier molecular flexibility index (Phi) is 8.72. The molecule has 0 bridgehead atoms. The maximum atomic E-state index is 12.3. The van der Waals surface area contributed by atoms with Gasteiger partial charge in [0.15, 0.2) is 0 Å². The van der Waals surface area contributed by atoms with Crippen LogP contribution in [0.4, 0.5) is 9.59 Å². The van der Waals surface area contributed by atoms with Crippen LogP contribution in [-0.2, 0) is 25.3 Å². The van der Waals surface area contributed by atoms with Crippen molar-refractivity contribution in [2.24, 2.45) is 0 Å². The quantitative estimate of drug-likeness (QED) is 0.531. The van der Waals surface area contributed by atoms with E-state index in [2.05, 4.69) is 10.6 Å². The molecule has 0 radical (unpaired) electrons. The first-order valence-corrected chi connectivity index (χ1v) is 12.0. The van der Waals surface area contributed by atoms with E-state index in [0.29, 0.717) is 6.54 Å². The average molecular weight is 488 g/mol. The zero-order chi connectivity index (χ0) is 26.7. The van der Waals surface area contributed by atoms with Gasteiger partial charge in [-0.25, -0.2) is 9.59 Å². The molecule has 2 amide bonds. The highest BCUT2D eigenvalue weighted by Crippen LogP contribution is 2.38. The first kappa shape index (κ1) is 28.7. The molecule has 0 aromatic heterocycles. The number of carbonyl (C=O) groups excluding carboxylic acids is 2. The second-order valence-corrected chi connectivity index (χ2v) is 11.8. The lowest BCUT2D eigenvalue weighted by atomic mass is 9.77. The van der Waals surface area contributed by atoms with Gasteiger partial charge in [0.1, 0.15) is 11.2 Å². The van der Waals surface area contributed by atoms with Crippen LogP contribution in [-0.4, -0.2) is 48.3 Å².